The Balaban J connectivity index is 1.61. The average molecular weight is 305 g/mol. The molecule has 3 rings (SSSR count). The second-order valence-corrected chi connectivity index (χ2v) is 6.59. The number of hydrogen-bond donors (Lipinski definition) is 1. The minimum absolute atomic E-state index is 0.0341. The molecule has 1 aromatic rings. The molecule has 2 aliphatic rings. The number of thiophene rings is 1. The molecule has 6 heteroatoms. The van der Waals surface area contributed by atoms with E-state index in [0.717, 1.165) is 32.4 Å². The van der Waals surface area contributed by atoms with Crippen LogP contribution in [-0.4, -0.2) is 59.1 Å². The van der Waals surface area contributed by atoms with E-state index in [9.17, 15) is 9.90 Å². The molecule has 0 unspecified atom stereocenters. The first-order valence-corrected chi connectivity index (χ1v) is 8.27. The number of carbonyl (C=O) groups is 1. The van der Waals surface area contributed by atoms with Gasteiger partial charge in [-0.3, -0.25) is 9.69 Å². The van der Waals surface area contributed by atoms with Gasteiger partial charge < -0.3 is 10.0 Å². The Morgan fingerprint density at radius 1 is 1.33 bits per heavy atom. The quantitative estimate of drug-likeness (QED) is 0.894. The SMILES string of the molecule is N#Cc1ccsc1C(=O)N1CCN([C@H]2CCC[C@H]2O)CC1. The first-order valence-electron chi connectivity index (χ1n) is 7.39. The van der Waals surface area contributed by atoms with Crippen LogP contribution in [0.15, 0.2) is 11.4 Å². The summed E-state index contributed by atoms with van der Waals surface area (Å²) in [6, 6.07) is 4.03. The van der Waals surface area contributed by atoms with Crippen LogP contribution in [0.3, 0.4) is 0 Å². The maximum Gasteiger partial charge on any atom is 0.265 e. The molecule has 0 aromatic carbocycles. The zero-order valence-electron chi connectivity index (χ0n) is 11.9. The zero-order chi connectivity index (χ0) is 14.8. The van der Waals surface area contributed by atoms with Crippen molar-refractivity contribution in [1.29, 1.82) is 5.26 Å². The third-order valence-electron chi connectivity index (χ3n) is 4.49. The smallest absolute Gasteiger partial charge is 0.265 e. The fourth-order valence-corrected chi connectivity index (χ4v) is 4.12. The van der Waals surface area contributed by atoms with Crippen LogP contribution in [-0.2, 0) is 0 Å². The molecule has 1 amide bonds. The fraction of sp³-hybridized carbons (Fsp3) is 0.600. The van der Waals surface area contributed by atoms with Gasteiger partial charge in [-0.15, -0.1) is 11.3 Å². The van der Waals surface area contributed by atoms with Crippen molar-refractivity contribution in [2.45, 2.75) is 31.4 Å². The number of carbonyl (C=O) groups excluding carboxylic acids is 1. The van der Waals surface area contributed by atoms with E-state index in [-0.39, 0.29) is 18.1 Å². The van der Waals surface area contributed by atoms with E-state index >= 15 is 0 Å². The van der Waals surface area contributed by atoms with Crippen molar-refractivity contribution in [2.75, 3.05) is 26.2 Å². The van der Waals surface area contributed by atoms with Crippen molar-refractivity contribution in [3.63, 3.8) is 0 Å². The van der Waals surface area contributed by atoms with Gasteiger partial charge in [0.05, 0.1) is 11.7 Å². The van der Waals surface area contributed by atoms with Crippen molar-refractivity contribution in [3.05, 3.63) is 21.9 Å². The number of aliphatic hydroxyl groups excluding tert-OH is 1. The molecule has 0 radical (unpaired) electrons. The van der Waals surface area contributed by atoms with Gasteiger partial charge in [0.25, 0.3) is 5.91 Å². The molecule has 1 aliphatic carbocycles. The van der Waals surface area contributed by atoms with Crippen LogP contribution in [0.1, 0.15) is 34.5 Å². The van der Waals surface area contributed by atoms with Crippen LogP contribution in [0.2, 0.25) is 0 Å². The van der Waals surface area contributed by atoms with Crippen LogP contribution in [0.5, 0.6) is 0 Å². The van der Waals surface area contributed by atoms with Crippen LogP contribution < -0.4 is 0 Å². The van der Waals surface area contributed by atoms with Gasteiger partial charge in [0, 0.05) is 32.2 Å². The normalized spacial score (nSPS) is 26.8. The standard InChI is InChI=1S/C15H19N3O2S/c16-10-11-4-9-21-14(11)15(20)18-7-5-17(6-8-18)12-2-1-3-13(12)19/h4,9,12-13,19H,1-3,5-8H2/t12-,13+/m0/s1. The summed E-state index contributed by atoms with van der Waals surface area (Å²) in [7, 11) is 0. The summed E-state index contributed by atoms with van der Waals surface area (Å²) in [6.07, 6.45) is 2.82. The number of hydrogen-bond acceptors (Lipinski definition) is 5. The summed E-state index contributed by atoms with van der Waals surface area (Å²) in [6.45, 7) is 2.96. The molecule has 1 aromatic heterocycles. The molecule has 5 nitrogen and oxygen atoms in total. The van der Waals surface area contributed by atoms with Gasteiger partial charge in [0.1, 0.15) is 10.9 Å². The third-order valence-corrected chi connectivity index (χ3v) is 5.40. The van der Waals surface area contributed by atoms with E-state index in [1.54, 1.807) is 11.4 Å². The second kappa shape index (κ2) is 6.14. The number of amides is 1. The highest BCUT2D eigenvalue weighted by molar-refractivity contribution is 7.12. The Morgan fingerprint density at radius 3 is 2.71 bits per heavy atom. The zero-order valence-corrected chi connectivity index (χ0v) is 12.7. The molecule has 1 N–H and O–H groups in total. The highest BCUT2D eigenvalue weighted by atomic mass is 32.1. The topological polar surface area (TPSA) is 67.6 Å². The number of nitriles is 1. The van der Waals surface area contributed by atoms with E-state index in [1.165, 1.54) is 11.3 Å². The Morgan fingerprint density at radius 2 is 2.10 bits per heavy atom. The van der Waals surface area contributed by atoms with Gasteiger partial charge in [0.15, 0.2) is 0 Å². The minimum Gasteiger partial charge on any atom is -0.391 e. The predicted molar refractivity (Wildman–Crippen MR) is 80.2 cm³/mol. The highest BCUT2D eigenvalue weighted by Gasteiger charge is 2.33. The van der Waals surface area contributed by atoms with E-state index in [0.29, 0.717) is 23.5 Å². The van der Waals surface area contributed by atoms with Crippen LogP contribution in [0.4, 0.5) is 0 Å². The first-order chi connectivity index (χ1) is 10.2. The van der Waals surface area contributed by atoms with Crippen molar-refractivity contribution in [1.82, 2.24) is 9.80 Å². The number of nitrogens with zero attached hydrogens (tertiary/aromatic N) is 3. The van der Waals surface area contributed by atoms with Crippen molar-refractivity contribution < 1.29 is 9.90 Å². The molecule has 1 saturated carbocycles. The molecule has 1 saturated heterocycles. The van der Waals surface area contributed by atoms with E-state index < -0.39 is 0 Å². The third kappa shape index (κ3) is 2.82. The van der Waals surface area contributed by atoms with Crippen LogP contribution in [0, 0.1) is 11.3 Å². The largest absolute Gasteiger partial charge is 0.391 e. The Bertz CT molecular complexity index is 558. The fourth-order valence-electron chi connectivity index (χ4n) is 3.31. The molecule has 2 heterocycles. The van der Waals surface area contributed by atoms with Crippen molar-refractivity contribution in [3.8, 4) is 6.07 Å². The second-order valence-electron chi connectivity index (χ2n) is 5.67. The molecule has 2 atom stereocenters. The number of aliphatic hydroxyl groups is 1. The predicted octanol–water partition coefficient (Wildman–Crippen LogP) is 1.29. The van der Waals surface area contributed by atoms with Crippen molar-refractivity contribution in [2.24, 2.45) is 0 Å². The average Bonchev–Trinajstić information content (AvgIpc) is 3.15. The maximum absolute atomic E-state index is 12.5. The molecular weight excluding hydrogens is 286 g/mol. The van der Waals surface area contributed by atoms with Gasteiger partial charge in [-0.2, -0.15) is 5.26 Å². The van der Waals surface area contributed by atoms with Gasteiger partial charge in [-0.25, -0.2) is 0 Å². The summed E-state index contributed by atoms with van der Waals surface area (Å²) >= 11 is 1.34. The van der Waals surface area contributed by atoms with Crippen molar-refractivity contribution >= 4 is 17.2 Å². The summed E-state index contributed by atoms with van der Waals surface area (Å²) in [4.78, 5) is 17.1. The maximum atomic E-state index is 12.5. The Kier molecular flexibility index (Phi) is 4.24. The molecule has 0 spiro atoms. The highest BCUT2D eigenvalue weighted by Crippen LogP contribution is 2.26. The summed E-state index contributed by atoms with van der Waals surface area (Å²) in [5, 5.41) is 20.8. The first kappa shape index (κ1) is 14.5. The summed E-state index contributed by atoms with van der Waals surface area (Å²) in [5.41, 5.74) is 0.471. The molecule has 2 fully saturated rings. The number of rotatable bonds is 2. The Labute approximate surface area is 128 Å². The van der Waals surface area contributed by atoms with E-state index in [1.807, 2.05) is 4.90 Å². The Hall–Kier alpha value is -1.42. The summed E-state index contributed by atoms with van der Waals surface area (Å²) < 4.78 is 0. The molecule has 112 valence electrons. The van der Waals surface area contributed by atoms with E-state index in [4.69, 9.17) is 5.26 Å². The lowest BCUT2D eigenvalue weighted by Crippen LogP contribution is -2.53. The van der Waals surface area contributed by atoms with Crippen LogP contribution >= 0.6 is 11.3 Å². The molecule has 1 aliphatic heterocycles. The lowest BCUT2D eigenvalue weighted by Gasteiger charge is -2.39. The lowest BCUT2D eigenvalue weighted by atomic mass is 10.1. The molecule has 0 bridgehead atoms. The van der Waals surface area contributed by atoms with Gasteiger partial charge in [-0.05, 0) is 30.7 Å². The number of piperazine rings is 1. The van der Waals surface area contributed by atoms with E-state index in [2.05, 4.69) is 11.0 Å². The minimum atomic E-state index is -0.213. The molecule has 21 heavy (non-hydrogen) atoms. The lowest BCUT2D eigenvalue weighted by molar-refractivity contribution is 0.0317. The van der Waals surface area contributed by atoms with Crippen LogP contribution in [0.25, 0.3) is 0 Å². The van der Waals surface area contributed by atoms with Gasteiger partial charge in [-0.1, -0.05) is 0 Å². The summed E-state index contributed by atoms with van der Waals surface area (Å²) in [5.74, 6) is -0.0341. The monoisotopic (exact) mass is 305 g/mol. The van der Waals surface area contributed by atoms with Gasteiger partial charge in [0.2, 0.25) is 0 Å². The van der Waals surface area contributed by atoms with Gasteiger partial charge >= 0.3 is 0 Å². The molecular formula is C15H19N3O2S.